The molecular weight excluding hydrogens is 306 g/mol. The predicted molar refractivity (Wildman–Crippen MR) is 93.3 cm³/mol. The Kier molecular flexibility index (Phi) is 4.80. The number of amides is 1. The normalized spacial score (nSPS) is 28.9. The van der Waals surface area contributed by atoms with Crippen molar-refractivity contribution in [2.24, 2.45) is 0 Å². The van der Waals surface area contributed by atoms with Gasteiger partial charge in [0.1, 0.15) is 0 Å². The van der Waals surface area contributed by atoms with Crippen molar-refractivity contribution in [2.75, 3.05) is 51.2 Å². The van der Waals surface area contributed by atoms with Gasteiger partial charge >= 0.3 is 0 Å². The van der Waals surface area contributed by atoms with Gasteiger partial charge in [-0.05, 0) is 44.7 Å². The third-order valence-electron chi connectivity index (χ3n) is 5.27. The van der Waals surface area contributed by atoms with Crippen molar-refractivity contribution in [3.05, 3.63) is 29.8 Å². The van der Waals surface area contributed by atoms with Crippen LogP contribution in [0.2, 0.25) is 0 Å². The van der Waals surface area contributed by atoms with Crippen molar-refractivity contribution in [3.8, 4) is 0 Å². The zero-order valence-corrected chi connectivity index (χ0v) is 14.5. The summed E-state index contributed by atoms with van der Waals surface area (Å²) in [6.45, 7) is 6.34. The second-order valence-electron chi connectivity index (χ2n) is 7.21. The summed E-state index contributed by atoms with van der Waals surface area (Å²) in [5.41, 5.74) is 0.657. The van der Waals surface area contributed by atoms with Crippen molar-refractivity contribution < 1.29 is 15.0 Å². The van der Waals surface area contributed by atoms with E-state index in [1.54, 1.807) is 11.8 Å². The molecule has 1 aromatic rings. The van der Waals surface area contributed by atoms with Crippen molar-refractivity contribution in [3.63, 3.8) is 0 Å². The van der Waals surface area contributed by atoms with Crippen molar-refractivity contribution in [1.82, 2.24) is 9.80 Å². The van der Waals surface area contributed by atoms with Gasteiger partial charge in [-0.15, -0.1) is 0 Å². The number of anilines is 1. The number of hydrogen-bond donors (Lipinski definition) is 2. The summed E-state index contributed by atoms with van der Waals surface area (Å²) in [5.74, 6) is -0.0884. The first-order chi connectivity index (χ1) is 11.4. The molecule has 2 aliphatic rings. The minimum Gasteiger partial charge on any atom is -0.388 e. The number of likely N-dealkylation sites (tertiary alicyclic amines) is 1. The Bertz CT molecular complexity index is 580. The Labute approximate surface area is 143 Å². The molecular formula is C18H27N3O3. The van der Waals surface area contributed by atoms with E-state index in [4.69, 9.17) is 0 Å². The van der Waals surface area contributed by atoms with Gasteiger partial charge in [0.15, 0.2) is 0 Å². The van der Waals surface area contributed by atoms with Crippen molar-refractivity contribution >= 4 is 11.6 Å². The molecule has 132 valence electrons. The third-order valence-corrected chi connectivity index (χ3v) is 5.27. The maximum absolute atomic E-state index is 12.6. The molecule has 0 bridgehead atoms. The van der Waals surface area contributed by atoms with Gasteiger partial charge in [0, 0.05) is 50.5 Å². The molecule has 0 saturated carbocycles. The average molecular weight is 333 g/mol. The largest absolute Gasteiger partial charge is 0.388 e. The Morgan fingerprint density at radius 1 is 1.12 bits per heavy atom. The van der Waals surface area contributed by atoms with Gasteiger partial charge < -0.3 is 24.9 Å². The lowest BCUT2D eigenvalue weighted by molar-refractivity contribution is -0.0999. The van der Waals surface area contributed by atoms with Crippen LogP contribution >= 0.6 is 0 Å². The Balaban J connectivity index is 1.64. The molecule has 2 atom stereocenters. The fraction of sp³-hybridized carbons (Fsp3) is 0.611. The average Bonchev–Trinajstić information content (AvgIpc) is 2.58. The first-order valence-corrected chi connectivity index (χ1v) is 8.60. The van der Waals surface area contributed by atoms with Crippen LogP contribution in [-0.4, -0.2) is 83.9 Å². The number of nitrogens with zero attached hydrogens (tertiary/aromatic N) is 3. The number of aliphatic hydroxyl groups is 2. The molecule has 0 aliphatic carbocycles. The lowest BCUT2D eigenvalue weighted by atomic mass is 9.90. The summed E-state index contributed by atoms with van der Waals surface area (Å²) in [7, 11) is 2.13. The van der Waals surface area contributed by atoms with Gasteiger partial charge in [0.2, 0.25) is 0 Å². The Morgan fingerprint density at radius 2 is 1.75 bits per heavy atom. The van der Waals surface area contributed by atoms with E-state index in [0.717, 1.165) is 31.9 Å². The van der Waals surface area contributed by atoms with Crippen LogP contribution in [0.1, 0.15) is 23.7 Å². The number of benzene rings is 1. The standard InChI is InChI=1S/C18H27N3O3/c1-18(24)7-8-21(13-16(18)22)17(23)14-3-5-15(6-4-14)20-11-9-19(2)10-12-20/h3-6,16,22,24H,7-13H2,1-2H3/t16-,18+/m1/s1. The van der Waals surface area contributed by atoms with Crippen LogP contribution in [0.15, 0.2) is 24.3 Å². The van der Waals surface area contributed by atoms with Gasteiger partial charge in [-0.25, -0.2) is 0 Å². The molecule has 3 rings (SSSR count). The Hall–Kier alpha value is -1.63. The van der Waals surface area contributed by atoms with Crippen LogP contribution in [-0.2, 0) is 0 Å². The second kappa shape index (κ2) is 6.70. The first kappa shape index (κ1) is 17.2. The van der Waals surface area contributed by atoms with Gasteiger partial charge in [0.05, 0.1) is 11.7 Å². The number of hydrogen-bond acceptors (Lipinski definition) is 5. The highest BCUT2D eigenvalue weighted by molar-refractivity contribution is 5.94. The minimum absolute atomic E-state index is 0.0884. The van der Waals surface area contributed by atoms with Crippen LogP contribution in [0, 0.1) is 0 Å². The van der Waals surface area contributed by atoms with E-state index in [0.29, 0.717) is 18.5 Å². The van der Waals surface area contributed by atoms with Crippen molar-refractivity contribution in [2.45, 2.75) is 25.0 Å². The van der Waals surface area contributed by atoms with E-state index < -0.39 is 11.7 Å². The highest BCUT2D eigenvalue weighted by Gasteiger charge is 2.38. The molecule has 0 radical (unpaired) electrons. The van der Waals surface area contributed by atoms with Crippen LogP contribution < -0.4 is 4.90 Å². The molecule has 2 N–H and O–H groups in total. The number of piperazine rings is 1. The second-order valence-corrected chi connectivity index (χ2v) is 7.21. The van der Waals surface area contributed by atoms with Gasteiger partial charge in [-0.3, -0.25) is 4.79 Å². The van der Waals surface area contributed by atoms with E-state index in [9.17, 15) is 15.0 Å². The molecule has 2 saturated heterocycles. The van der Waals surface area contributed by atoms with E-state index in [2.05, 4.69) is 16.8 Å². The SMILES string of the molecule is CN1CCN(c2ccc(C(=O)N3CC[C@](C)(O)[C@H](O)C3)cc2)CC1. The molecule has 2 heterocycles. The molecule has 1 amide bonds. The molecule has 2 fully saturated rings. The molecule has 1 aromatic carbocycles. The zero-order chi connectivity index (χ0) is 17.3. The molecule has 2 aliphatic heterocycles. The maximum Gasteiger partial charge on any atom is 0.253 e. The number of carbonyl (C=O) groups excluding carboxylic acids is 1. The number of aliphatic hydroxyl groups excluding tert-OH is 1. The van der Waals surface area contributed by atoms with E-state index in [1.165, 1.54) is 0 Å². The highest BCUT2D eigenvalue weighted by Crippen LogP contribution is 2.24. The van der Waals surface area contributed by atoms with Crippen LogP contribution in [0.3, 0.4) is 0 Å². The van der Waals surface area contributed by atoms with Crippen molar-refractivity contribution in [1.29, 1.82) is 0 Å². The maximum atomic E-state index is 12.6. The summed E-state index contributed by atoms with van der Waals surface area (Å²) < 4.78 is 0. The summed E-state index contributed by atoms with van der Waals surface area (Å²) >= 11 is 0. The van der Waals surface area contributed by atoms with E-state index in [-0.39, 0.29) is 12.5 Å². The van der Waals surface area contributed by atoms with Gasteiger partial charge in [0.25, 0.3) is 5.91 Å². The molecule has 0 unspecified atom stereocenters. The first-order valence-electron chi connectivity index (χ1n) is 8.60. The summed E-state index contributed by atoms with van der Waals surface area (Å²) in [6.07, 6.45) is -0.515. The smallest absolute Gasteiger partial charge is 0.253 e. The Morgan fingerprint density at radius 3 is 2.33 bits per heavy atom. The van der Waals surface area contributed by atoms with Gasteiger partial charge in [-0.2, -0.15) is 0 Å². The fourth-order valence-electron chi connectivity index (χ4n) is 3.27. The summed E-state index contributed by atoms with van der Waals surface area (Å²) in [6, 6.07) is 7.70. The molecule has 0 aromatic heterocycles. The summed E-state index contributed by atoms with van der Waals surface area (Å²) in [4.78, 5) is 18.9. The highest BCUT2D eigenvalue weighted by atomic mass is 16.3. The number of carbonyl (C=O) groups is 1. The number of β-amino-alcohol motifs (C(OH)–C–C–N with tert-alkyl or cyclic N) is 1. The molecule has 6 nitrogen and oxygen atoms in total. The number of piperidine rings is 1. The third kappa shape index (κ3) is 3.55. The van der Waals surface area contributed by atoms with Crippen LogP contribution in [0.5, 0.6) is 0 Å². The molecule has 6 heteroatoms. The van der Waals surface area contributed by atoms with Crippen LogP contribution in [0.25, 0.3) is 0 Å². The predicted octanol–water partition coefficient (Wildman–Crippen LogP) is 0.396. The monoisotopic (exact) mass is 333 g/mol. The van der Waals surface area contributed by atoms with Gasteiger partial charge in [-0.1, -0.05) is 0 Å². The molecule has 24 heavy (non-hydrogen) atoms. The van der Waals surface area contributed by atoms with Crippen LogP contribution in [0.4, 0.5) is 5.69 Å². The topological polar surface area (TPSA) is 67.2 Å². The van der Waals surface area contributed by atoms with E-state index >= 15 is 0 Å². The lowest BCUT2D eigenvalue weighted by Crippen LogP contribution is -2.55. The summed E-state index contributed by atoms with van der Waals surface area (Å²) in [5, 5.41) is 20.0. The fourth-order valence-corrected chi connectivity index (χ4v) is 3.27. The minimum atomic E-state index is -1.11. The quantitative estimate of drug-likeness (QED) is 0.820. The molecule has 0 spiro atoms. The number of likely N-dealkylation sites (N-methyl/N-ethyl adjacent to an activating group) is 1. The number of rotatable bonds is 2. The lowest BCUT2D eigenvalue weighted by Gasteiger charge is -2.40. The van der Waals surface area contributed by atoms with E-state index in [1.807, 2.05) is 24.3 Å². The zero-order valence-electron chi connectivity index (χ0n) is 14.5.